The molecule has 0 saturated heterocycles. The van der Waals surface area contributed by atoms with Crippen LogP contribution in [0.2, 0.25) is 0 Å². The van der Waals surface area contributed by atoms with Crippen molar-refractivity contribution in [3.05, 3.63) is 82.4 Å². The molecule has 1 aliphatic heterocycles. The van der Waals surface area contributed by atoms with E-state index in [2.05, 4.69) is 10.3 Å². The van der Waals surface area contributed by atoms with Crippen LogP contribution in [-0.4, -0.2) is 51.4 Å². The number of carbonyl (C=O) groups is 1. The van der Waals surface area contributed by atoms with E-state index >= 15 is 0 Å². The number of aliphatic carboxylic acids is 1. The highest BCUT2D eigenvalue weighted by atomic mass is 32.2. The van der Waals surface area contributed by atoms with E-state index < -0.39 is 27.3 Å². The van der Waals surface area contributed by atoms with Gasteiger partial charge >= 0.3 is 5.97 Å². The van der Waals surface area contributed by atoms with E-state index in [1.165, 1.54) is 4.31 Å². The van der Waals surface area contributed by atoms with Crippen molar-refractivity contribution in [1.29, 1.82) is 0 Å². The average molecular weight is 577 g/mol. The smallest absolute Gasteiger partial charge is 0.310 e. The largest absolute Gasteiger partial charge is 0.488 e. The van der Waals surface area contributed by atoms with E-state index in [1.807, 2.05) is 58.2 Å². The van der Waals surface area contributed by atoms with Crippen LogP contribution in [0.25, 0.3) is 11.0 Å². The zero-order chi connectivity index (χ0) is 29.7. The fourth-order valence-corrected chi connectivity index (χ4v) is 7.28. The molecule has 0 fully saturated rings. The second kappa shape index (κ2) is 10.6. The van der Waals surface area contributed by atoms with E-state index in [1.54, 1.807) is 42.8 Å². The summed E-state index contributed by atoms with van der Waals surface area (Å²) in [5.41, 5.74) is 4.64. The molecule has 1 aromatic heterocycles. The predicted molar refractivity (Wildman–Crippen MR) is 156 cm³/mol. The third kappa shape index (κ3) is 4.99. The van der Waals surface area contributed by atoms with Crippen LogP contribution in [0, 0.1) is 19.3 Å². The van der Waals surface area contributed by atoms with Crippen molar-refractivity contribution in [3.63, 3.8) is 0 Å². The summed E-state index contributed by atoms with van der Waals surface area (Å²) in [5.74, 6) is -1.10. The third-order valence-electron chi connectivity index (χ3n) is 8.34. The van der Waals surface area contributed by atoms with Gasteiger partial charge in [-0.15, -0.1) is 5.10 Å². The molecule has 1 N–H and O–H groups in total. The number of sulfonamides is 1. The molecule has 0 saturated carbocycles. The SMILES string of the molecule is CC[C@@H]1CN(Cc2cc([C@H](c3ccc4c(nnn4C)c3C)C(C)(C)C(=O)O)ccc2C)S(=O)(=O)c2ccccc2O1. The van der Waals surface area contributed by atoms with Gasteiger partial charge in [-0.2, -0.15) is 4.31 Å². The Morgan fingerprint density at radius 2 is 1.88 bits per heavy atom. The highest BCUT2D eigenvalue weighted by molar-refractivity contribution is 7.89. The third-order valence-corrected chi connectivity index (χ3v) is 10.2. The molecule has 0 unspecified atom stereocenters. The Kier molecular flexibility index (Phi) is 7.42. The van der Waals surface area contributed by atoms with Crippen LogP contribution >= 0.6 is 0 Å². The molecule has 3 aromatic carbocycles. The summed E-state index contributed by atoms with van der Waals surface area (Å²) in [7, 11) is -2.01. The maximum absolute atomic E-state index is 13.8. The van der Waals surface area contributed by atoms with Gasteiger partial charge in [0.15, 0.2) is 0 Å². The predicted octanol–water partition coefficient (Wildman–Crippen LogP) is 5.19. The average Bonchev–Trinajstić information content (AvgIpc) is 3.27. The number of carboxylic acid groups (broad SMARTS) is 1. The molecule has 4 aromatic rings. The van der Waals surface area contributed by atoms with Gasteiger partial charge in [0.2, 0.25) is 10.0 Å². The lowest BCUT2D eigenvalue weighted by Crippen LogP contribution is -2.36. The molecule has 5 rings (SSSR count). The highest BCUT2D eigenvalue weighted by Gasteiger charge is 2.41. The van der Waals surface area contributed by atoms with E-state index in [0.29, 0.717) is 12.2 Å². The molecule has 10 heteroatoms. The van der Waals surface area contributed by atoms with Gasteiger partial charge in [-0.3, -0.25) is 4.79 Å². The van der Waals surface area contributed by atoms with Crippen LogP contribution in [0.1, 0.15) is 60.9 Å². The normalized spacial score (nSPS) is 18.0. The van der Waals surface area contributed by atoms with E-state index in [9.17, 15) is 18.3 Å². The van der Waals surface area contributed by atoms with E-state index in [4.69, 9.17) is 4.74 Å². The summed E-state index contributed by atoms with van der Waals surface area (Å²) in [5, 5.41) is 18.8. The van der Waals surface area contributed by atoms with Gasteiger partial charge in [0.1, 0.15) is 22.3 Å². The lowest BCUT2D eigenvalue weighted by atomic mass is 9.69. The summed E-state index contributed by atoms with van der Waals surface area (Å²) < 4.78 is 36.9. The fourth-order valence-electron chi connectivity index (χ4n) is 5.71. The molecule has 0 bridgehead atoms. The van der Waals surface area contributed by atoms with Crippen LogP contribution in [0.5, 0.6) is 5.75 Å². The minimum atomic E-state index is -3.84. The lowest BCUT2D eigenvalue weighted by molar-refractivity contribution is -0.147. The molecule has 0 radical (unpaired) electrons. The van der Waals surface area contributed by atoms with E-state index in [-0.39, 0.29) is 24.1 Å². The number of rotatable bonds is 7. The van der Waals surface area contributed by atoms with Crippen molar-refractivity contribution in [2.75, 3.05) is 6.54 Å². The first-order valence-electron chi connectivity index (χ1n) is 13.7. The molecule has 2 heterocycles. The van der Waals surface area contributed by atoms with Crippen LogP contribution in [0.15, 0.2) is 59.5 Å². The van der Waals surface area contributed by atoms with Crippen molar-refractivity contribution in [2.45, 2.75) is 64.5 Å². The van der Waals surface area contributed by atoms with Gasteiger partial charge in [-0.05, 0) is 80.1 Å². The Morgan fingerprint density at radius 3 is 2.59 bits per heavy atom. The van der Waals surface area contributed by atoms with Crippen LogP contribution in [-0.2, 0) is 28.4 Å². The maximum Gasteiger partial charge on any atom is 0.310 e. The number of hydrogen-bond donors (Lipinski definition) is 1. The Bertz CT molecular complexity index is 1740. The molecule has 9 nitrogen and oxygen atoms in total. The summed E-state index contributed by atoms with van der Waals surface area (Å²) in [6.45, 7) is 9.66. The second-order valence-electron chi connectivity index (χ2n) is 11.4. The number of benzene rings is 3. The van der Waals surface area contributed by atoms with Crippen molar-refractivity contribution < 1.29 is 23.1 Å². The van der Waals surface area contributed by atoms with Crippen LogP contribution in [0.4, 0.5) is 0 Å². The topological polar surface area (TPSA) is 115 Å². The zero-order valence-corrected chi connectivity index (χ0v) is 25.1. The second-order valence-corrected chi connectivity index (χ2v) is 13.3. The Balaban J connectivity index is 1.62. The quantitative estimate of drug-likeness (QED) is 0.322. The van der Waals surface area contributed by atoms with Crippen molar-refractivity contribution in [3.8, 4) is 5.75 Å². The summed E-state index contributed by atoms with van der Waals surface area (Å²) in [4.78, 5) is 12.8. The standard InChI is InChI=1S/C31H36N4O5S/c1-7-23-18-35(41(38,39)27-11-9-8-10-26(27)40-23)17-22-16-21(13-12-19(22)2)28(31(4,5)30(36)37)24-14-15-25-29(20(24)3)32-33-34(25)6/h8-16,23,28H,7,17-18H2,1-6H3,(H,36,37)/t23-,28-/m1/s1. The monoisotopic (exact) mass is 576 g/mol. The van der Waals surface area contributed by atoms with E-state index in [0.717, 1.165) is 38.9 Å². The molecule has 41 heavy (non-hydrogen) atoms. The first-order chi connectivity index (χ1) is 19.4. The van der Waals surface area contributed by atoms with Gasteiger partial charge in [0, 0.05) is 19.5 Å². The molecule has 0 spiro atoms. The molecule has 216 valence electrons. The van der Waals surface area contributed by atoms with Gasteiger partial charge in [-0.25, -0.2) is 13.1 Å². The van der Waals surface area contributed by atoms with Gasteiger partial charge in [0.05, 0.1) is 17.5 Å². The van der Waals surface area contributed by atoms with Gasteiger partial charge < -0.3 is 9.84 Å². The molecule has 2 atom stereocenters. The minimum Gasteiger partial charge on any atom is -0.488 e. The van der Waals surface area contributed by atoms with Gasteiger partial charge in [0.25, 0.3) is 0 Å². The number of hydrogen-bond acceptors (Lipinski definition) is 6. The Hall–Kier alpha value is -3.76. The number of carboxylic acids is 1. The molecule has 1 aliphatic rings. The number of fused-ring (bicyclic) bond motifs is 2. The first kappa shape index (κ1) is 28.8. The first-order valence-corrected chi connectivity index (χ1v) is 15.2. The molecule has 0 aliphatic carbocycles. The lowest BCUT2D eigenvalue weighted by Gasteiger charge is -2.33. The summed E-state index contributed by atoms with van der Waals surface area (Å²) in [6, 6.07) is 16.5. The Morgan fingerprint density at radius 1 is 1.15 bits per heavy atom. The van der Waals surface area contributed by atoms with Gasteiger partial charge in [-0.1, -0.05) is 48.5 Å². The molecule has 0 amide bonds. The number of nitrogens with zero attached hydrogens (tertiary/aromatic N) is 4. The zero-order valence-electron chi connectivity index (χ0n) is 24.2. The van der Waals surface area contributed by atoms with Crippen molar-refractivity contribution >= 4 is 27.0 Å². The number of para-hydroxylation sites is 1. The Labute approximate surface area is 240 Å². The summed E-state index contributed by atoms with van der Waals surface area (Å²) in [6.07, 6.45) is 0.357. The summed E-state index contributed by atoms with van der Waals surface area (Å²) >= 11 is 0. The van der Waals surface area contributed by atoms with Crippen LogP contribution < -0.4 is 4.74 Å². The fraction of sp³-hybridized carbons (Fsp3) is 0.387. The maximum atomic E-state index is 13.8. The number of aryl methyl sites for hydroxylation is 3. The van der Waals surface area contributed by atoms with Crippen molar-refractivity contribution in [2.24, 2.45) is 12.5 Å². The van der Waals surface area contributed by atoms with Crippen LogP contribution in [0.3, 0.4) is 0 Å². The highest BCUT2D eigenvalue weighted by Crippen LogP contribution is 2.44. The number of ether oxygens (including phenoxy) is 1. The molecular weight excluding hydrogens is 540 g/mol. The van der Waals surface area contributed by atoms with Crippen molar-refractivity contribution in [1.82, 2.24) is 19.3 Å². The number of aromatic nitrogens is 3. The molecular formula is C31H36N4O5S. The minimum absolute atomic E-state index is 0.137.